The van der Waals surface area contributed by atoms with Gasteiger partial charge in [0.15, 0.2) is 5.84 Å². The number of amidine groups is 1. The number of pyridine rings is 5. The molecule has 13 aromatic heterocycles. The maximum Gasteiger partial charge on any atom is 0.335 e. The molecule has 17 aromatic rings. The average Bonchev–Trinajstić information content (AvgIpc) is 1.65. The summed E-state index contributed by atoms with van der Waals surface area (Å²) in [5, 5.41) is 73.6. The highest BCUT2D eigenvalue weighted by atomic mass is 79.9. The molecule has 748 valence electrons. The van der Waals surface area contributed by atoms with Gasteiger partial charge in [0.2, 0.25) is 17.5 Å². The van der Waals surface area contributed by atoms with E-state index in [4.69, 9.17) is 116 Å². The maximum absolute atomic E-state index is 10.9. The van der Waals surface area contributed by atoms with Crippen LogP contribution in [-0.2, 0) is 41.7 Å². The molecular weight excluding hydrogens is 1990 g/mol. The molecule has 10 N–H and O–H groups in total. The lowest BCUT2D eigenvalue weighted by Gasteiger charge is -2.11. The summed E-state index contributed by atoms with van der Waals surface area (Å²) in [6.45, 7) is 25.9. The van der Waals surface area contributed by atoms with Crippen molar-refractivity contribution >= 4 is 153 Å². The number of H-pyrrole nitrogens is 3. The first-order valence-corrected chi connectivity index (χ1v) is 47.0. The molecule has 0 amide bonds. The second-order valence-corrected chi connectivity index (χ2v) is 33.5. The van der Waals surface area contributed by atoms with Gasteiger partial charge in [-0.25, -0.2) is 9.59 Å². The highest BCUT2D eigenvalue weighted by Crippen LogP contribution is 2.38. The van der Waals surface area contributed by atoms with E-state index in [2.05, 4.69) is 114 Å². The Bertz CT molecular complexity index is 7160. The third-order valence-electron chi connectivity index (χ3n) is 19.1. The number of fused-ring (bicyclic) bond motifs is 5. The van der Waals surface area contributed by atoms with Crippen molar-refractivity contribution in [3.63, 3.8) is 0 Å². The maximum atomic E-state index is 10.9. The van der Waals surface area contributed by atoms with Crippen LogP contribution >= 0.6 is 62.3 Å². The van der Waals surface area contributed by atoms with E-state index < -0.39 is 17.9 Å². The van der Waals surface area contributed by atoms with E-state index in [1.165, 1.54) is 12.1 Å². The van der Waals surface area contributed by atoms with Gasteiger partial charge < -0.3 is 97.4 Å². The number of aromatic carboxylic acids is 1. The van der Waals surface area contributed by atoms with Gasteiger partial charge in [-0.2, -0.15) is 20.2 Å². The van der Waals surface area contributed by atoms with Crippen molar-refractivity contribution in [1.82, 2.24) is 79.4 Å². The van der Waals surface area contributed by atoms with Crippen LogP contribution in [0.4, 0.5) is 0 Å². The number of oxime groups is 1. The first-order valence-electron chi connectivity index (χ1n) is 44.4. The summed E-state index contributed by atoms with van der Waals surface area (Å²) in [6, 6.07) is 32.0. The van der Waals surface area contributed by atoms with Crippen molar-refractivity contribution < 1.29 is 91.6 Å². The van der Waals surface area contributed by atoms with Crippen molar-refractivity contribution in [2.75, 3.05) is 25.2 Å². The fourth-order valence-corrected chi connectivity index (χ4v) is 14.2. The molecule has 13 heterocycles. The minimum Gasteiger partial charge on any atom is -0.489 e. The molecule has 0 saturated carbocycles. The minimum atomic E-state index is -0.997. The largest absolute Gasteiger partial charge is 0.489 e. The van der Waals surface area contributed by atoms with E-state index in [0.717, 1.165) is 89.0 Å². The number of aromatic amines is 3. The number of hydrogen-bond acceptors (Lipinski definition) is 29. The third-order valence-corrected chi connectivity index (χ3v) is 20.9. The number of hydrogen-bond donors (Lipinski definition) is 9. The lowest BCUT2D eigenvalue weighted by molar-refractivity contribution is -0.143. The highest BCUT2D eigenvalue weighted by Gasteiger charge is 2.23. The van der Waals surface area contributed by atoms with Crippen molar-refractivity contribution in [3.8, 4) is 97.6 Å². The molecule has 0 fully saturated rings. The van der Waals surface area contributed by atoms with Gasteiger partial charge in [0.05, 0.1) is 151 Å². The van der Waals surface area contributed by atoms with Crippen LogP contribution in [0, 0.1) is 11.3 Å². The van der Waals surface area contributed by atoms with E-state index in [1.54, 1.807) is 131 Å². The van der Waals surface area contributed by atoms with Gasteiger partial charge in [-0.1, -0.05) is 89.5 Å². The molecule has 0 radical (unpaired) electrons. The van der Waals surface area contributed by atoms with Crippen LogP contribution in [0.15, 0.2) is 227 Å². The standard InChI is InChI=1S/C22H21ClN4O4.C21H19ClN4O4.C18H15ClN4O2.C10H11ClO3.C8H8N4O.C8H5N3.C6H11BrO2.C5H8O2.C2H6O/c1-13(2)30-19-6-5-14(10-17(19)23)22-25-21(26-31-22)16-11-24-12-18-15(16)7-9-27(18)8-3-4-20(28)29;1-12(2)29-18-4-3-13(9-16(18)22)21-24-20(25-30-21)15-10-23-11-17-14(15)5-7-26(17)8-6-19(27)28;1-10(2)24-16-4-3-11(7-14(16)19)18-22-17(23-25-18)13-8-20-9-15-12(13)5-6-21-15;1-6(2)14-9-4-3-7(10(12)13)5-8(9)11;9-8(12-13)6-3-10-4-7-5(6)1-2-11-7;9-3-6-4-10-5-8-7(6)1-2-11-8;1-2-9-6(8)4-3-5-7;1-3-5(6)7-4-2;1-2-3/h5-7,9-13H,3-4,8H2,1-2H3,(H,28,29);3-5,7,9-12H,6,8H2,1-2H3,(H,27,28);3-10,21H,1-2H3;3-6H,1-2H3,(H,12,13);1-4,11,13H,(H2,9,12);1-2,4-5,11H;2-5H2,1H3;3H,1,4H2,2H3;3H,2H2,1H3. The Morgan fingerprint density at radius 2 is 0.895 bits per heavy atom. The Morgan fingerprint density at radius 3 is 1.29 bits per heavy atom. The Hall–Kier alpha value is -15.6. The van der Waals surface area contributed by atoms with Gasteiger partial charge in [-0.3, -0.25) is 39.3 Å². The molecule has 17 rings (SSSR count). The Labute approximate surface area is 848 Å². The van der Waals surface area contributed by atoms with Crippen LogP contribution < -0.4 is 24.7 Å². The number of esters is 2. The SMILES string of the molecule is C=CC(=O)OCC.CC(C)Oc1ccc(-c2nc(-c3cncc4[nH]ccc34)no2)cc1Cl.CC(C)Oc1ccc(-c2nc(-c3cncc4c3ccn4CCC(=O)O)no2)cc1Cl.CC(C)Oc1ccc(-c2nc(-c3cncc4c3ccn4CCCC(=O)O)no2)cc1Cl.CC(C)Oc1ccc(C(=O)O)cc1Cl.CCO.CCOC(=O)CCCBr.N#Cc1cncc2[nH]ccc12.N/C(=N\O)c1cncc2[nH]ccc12. The molecule has 0 aliphatic rings. The first kappa shape index (κ1) is 111. The number of aliphatic carboxylic acids is 2. The van der Waals surface area contributed by atoms with Crippen LogP contribution in [0.1, 0.15) is 130 Å². The number of nitrogens with one attached hydrogen (secondary N) is 3. The molecule has 0 saturated heterocycles. The predicted molar refractivity (Wildman–Crippen MR) is 546 cm³/mol. The average molecular weight is 2100 g/mol. The van der Waals surface area contributed by atoms with Gasteiger partial charge in [0.25, 0.3) is 17.7 Å². The minimum absolute atomic E-state index is 0.0131. The molecule has 0 unspecified atom stereocenters. The molecular formula is C100H104BrCl4N19O19. The smallest absolute Gasteiger partial charge is 0.335 e. The van der Waals surface area contributed by atoms with Gasteiger partial charge in [-0.15, -0.1) is 0 Å². The number of nitrogens with zero attached hydrogens (tertiary/aromatic N) is 15. The van der Waals surface area contributed by atoms with Gasteiger partial charge >= 0.3 is 29.8 Å². The second kappa shape index (κ2) is 56.0. The van der Waals surface area contributed by atoms with E-state index in [0.29, 0.717) is 145 Å². The van der Waals surface area contributed by atoms with Crippen LogP contribution in [0.2, 0.25) is 20.1 Å². The summed E-state index contributed by atoms with van der Waals surface area (Å²) in [6.07, 6.45) is 29.2. The number of aliphatic hydroxyl groups is 1. The summed E-state index contributed by atoms with van der Waals surface area (Å²) in [4.78, 5) is 96.1. The van der Waals surface area contributed by atoms with E-state index in [1.807, 2.05) is 139 Å². The van der Waals surface area contributed by atoms with Crippen molar-refractivity contribution in [2.45, 2.75) is 146 Å². The number of aliphatic hydroxyl groups excluding tert-OH is 1. The van der Waals surface area contributed by atoms with Gasteiger partial charge in [-0.05, 0) is 192 Å². The van der Waals surface area contributed by atoms with Gasteiger partial charge in [0.1, 0.15) is 29.1 Å². The molecule has 43 heteroatoms. The number of rotatable bonds is 29. The summed E-state index contributed by atoms with van der Waals surface area (Å²) in [5.41, 5.74) is 15.6. The monoisotopic (exact) mass is 2090 g/mol. The molecule has 0 aliphatic heterocycles. The Balaban J connectivity index is 0.000000190. The topological polar surface area (TPSA) is 542 Å². The number of carbonyl (C=O) groups is 5. The lowest BCUT2D eigenvalue weighted by Crippen LogP contribution is -2.13. The number of nitrogens with two attached hydrogens (primary N) is 1. The molecule has 0 bridgehead atoms. The number of carboxylic acid groups (broad SMARTS) is 3. The number of alkyl halides is 1. The van der Waals surface area contributed by atoms with E-state index >= 15 is 0 Å². The number of halogens is 5. The zero-order valence-corrected chi connectivity index (χ0v) is 84.1. The zero-order chi connectivity index (χ0) is 104. The number of ether oxygens (including phenoxy) is 6. The molecule has 0 aliphatic carbocycles. The van der Waals surface area contributed by atoms with E-state index in [9.17, 15) is 24.0 Å². The number of benzene rings is 4. The fraction of sp³-hybridized carbons (Fsp3) is 0.260. The van der Waals surface area contributed by atoms with Crippen molar-refractivity contribution in [3.05, 3.63) is 246 Å². The van der Waals surface area contributed by atoms with E-state index in [-0.39, 0.29) is 67.2 Å². The van der Waals surface area contributed by atoms with Gasteiger partial charge in [0, 0.05) is 155 Å². The Kier molecular flexibility index (Phi) is 43.5. The molecule has 38 nitrogen and oxygen atoms in total. The quantitative estimate of drug-likeness (QED) is 0.00400. The Morgan fingerprint density at radius 1 is 0.503 bits per heavy atom. The first-order chi connectivity index (χ1) is 68.7. The van der Waals surface area contributed by atoms with Crippen LogP contribution in [0.3, 0.4) is 0 Å². The van der Waals surface area contributed by atoms with Crippen molar-refractivity contribution in [2.24, 2.45) is 10.9 Å². The summed E-state index contributed by atoms with van der Waals surface area (Å²) in [7, 11) is 0. The number of aromatic nitrogens is 16. The number of carbonyl (C=O) groups excluding carboxylic acids is 2. The van der Waals surface area contributed by atoms with Crippen molar-refractivity contribution in [1.29, 1.82) is 5.26 Å². The summed E-state index contributed by atoms with van der Waals surface area (Å²) in [5.74, 6) is 1.60. The van der Waals surface area contributed by atoms with Crippen LogP contribution in [0.25, 0.3) is 123 Å². The number of carboxylic acids is 3. The fourth-order valence-electron chi connectivity index (χ4n) is 13.0. The molecule has 0 atom stereocenters. The second-order valence-electron chi connectivity index (χ2n) is 31.1. The molecule has 4 aromatic carbocycles. The van der Waals surface area contributed by atoms with Crippen LogP contribution in [-0.4, -0.2) is 190 Å². The molecule has 143 heavy (non-hydrogen) atoms. The lowest BCUT2D eigenvalue weighted by atomic mass is 10.1. The number of nitriles is 1. The predicted octanol–water partition coefficient (Wildman–Crippen LogP) is 21.8. The summed E-state index contributed by atoms with van der Waals surface area (Å²) < 4.78 is 51.6. The zero-order valence-electron chi connectivity index (χ0n) is 79.5. The normalized spacial score (nSPS) is 10.8. The summed E-state index contributed by atoms with van der Waals surface area (Å²) >= 11 is 28.0. The number of aryl methyl sites for hydroxylation is 2. The third kappa shape index (κ3) is 32.7. The molecule has 0 spiro atoms. The van der Waals surface area contributed by atoms with Crippen LogP contribution in [0.5, 0.6) is 23.0 Å². The highest BCUT2D eigenvalue weighted by molar-refractivity contribution is 9.09.